The second kappa shape index (κ2) is 211. The fraction of sp³-hybridized carbons (Fsp3) is 1.00. The highest BCUT2D eigenvalue weighted by atomic mass is 31.0. The second-order valence-corrected chi connectivity index (χ2v) is 1.93. The van der Waals surface area contributed by atoms with Crippen LogP contribution in [0.2, 0.25) is 0 Å². The van der Waals surface area contributed by atoms with Gasteiger partial charge in [-0.3, -0.25) is 0 Å². The number of hydrogen-bond donors (Lipinski definition) is 0. The van der Waals surface area contributed by atoms with Gasteiger partial charge in [0.2, 0.25) is 0 Å². The van der Waals surface area contributed by atoms with Crippen LogP contribution in [0.5, 0.6) is 0 Å². The van der Waals surface area contributed by atoms with Gasteiger partial charge in [0.1, 0.15) is 0 Å². The van der Waals surface area contributed by atoms with E-state index in [1.54, 1.807) is 0 Å². The van der Waals surface area contributed by atoms with Crippen LogP contribution in [0, 0.1) is 0 Å². The lowest BCUT2D eigenvalue weighted by atomic mass is 10.6. The monoisotopic (exact) mass is 196 g/mol. The number of rotatable bonds is 0. The summed E-state index contributed by atoms with van der Waals surface area (Å²) in [6.45, 7) is 18.3. The van der Waals surface area contributed by atoms with Crippen LogP contribution in [-0.4, -0.2) is 6.16 Å². The Balaban J connectivity index is -0.0000000174. The molecule has 0 spiro atoms. The zero-order valence-electron chi connectivity index (χ0n) is 11.0. The van der Waals surface area contributed by atoms with Gasteiger partial charge in [0, 0.05) is 0 Å². The molecular weight excluding hydrogens is 163 g/mol. The van der Waals surface area contributed by atoms with Gasteiger partial charge in [0.25, 0.3) is 0 Å². The van der Waals surface area contributed by atoms with Crippen molar-refractivity contribution in [3.8, 4) is 0 Å². The molecule has 0 N–H and O–H groups in total. The minimum atomic E-state index is 1.17. The molecule has 0 rings (SSSR count). The van der Waals surface area contributed by atoms with E-state index >= 15 is 0 Å². The van der Waals surface area contributed by atoms with E-state index in [-0.39, 0.29) is 0 Å². The zero-order chi connectivity index (χ0) is 11.4. The van der Waals surface area contributed by atoms with E-state index in [4.69, 9.17) is 0 Å². The molecule has 0 aromatic rings. The van der Waals surface area contributed by atoms with Crippen LogP contribution >= 0.6 is 9.24 Å². The van der Waals surface area contributed by atoms with Gasteiger partial charge in [0.15, 0.2) is 0 Å². The summed E-state index contributed by atoms with van der Waals surface area (Å²) in [6.07, 6.45) is 2.42. The number of hydrogen-bond acceptors (Lipinski definition) is 0. The average Bonchev–Trinajstić information content (AvgIpc) is 2.16. The van der Waals surface area contributed by atoms with Crippen LogP contribution in [0.1, 0.15) is 68.7 Å². The minimum Gasteiger partial charge on any atom is -0.138 e. The van der Waals surface area contributed by atoms with E-state index in [0.29, 0.717) is 0 Å². The molecule has 0 radical (unpaired) electrons. The molecule has 0 fully saturated rings. The molecule has 82 valence electrons. The molecule has 0 aromatic heterocycles. The molecule has 0 aliphatic rings. The third-order valence-electron chi connectivity index (χ3n) is 0. The fourth-order valence-electron chi connectivity index (χ4n) is 0. The van der Waals surface area contributed by atoms with Crippen molar-refractivity contribution in [2.24, 2.45) is 0 Å². The van der Waals surface area contributed by atoms with Crippen molar-refractivity contribution in [3.63, 3.8) is 0 Å². The highest BCUT2D eigenvalue weighted by molar-refractivity contribution is 7.16. The van der Waals surface area contributed by atoms with Crippen molar-refractivity contribution in [1.82, 2.24) is 0 Å². The minimum absolute atomic E-state index is 1.17. The maximum absolute atomic E-state index is 2.58. The molecule has 1 unspecified atom stereocenters. The predicted molar refractivity (Wildman–Crippen MR) is 70.3 cm³/mol. The Morgan fingerprint density at radius 1 is 0.667 bits per heavy atom. The van der Waals surface area contributed by atoms with E-state index in [1.165, 1.54) is 12.6 Å². The summed E-state index contributed by atoms with van der Waals surface area (Å²) < 4.78 is 0. The van der Waals surface area contributed by atoms with Gasteiger partial charge >= 0.3 is 0 Å². The van der Waals surface area contributed by atoms with E-state index in [0.717, 1.165) is 0 Å². The molecule has 1 heteroatoms. The Labute approximate surface area is 84.7 Å². The second-order valence-electron chi connectivity index (χ2n) is 1.12. The van der Waals surface area contributed by atoms with Gasteiger partial charge in [-0.1, -0.05) is 68.7 Å². The summed E-state index contributed by atoms with van der Waals surface area (Å²) in [6, 6.07) is 0. The largest absolute Gasteiger partial charge is 0.138 e. The van der Waals surface area contributed by atoms with Gasteiger partial charge in [-0.2, -0.15) is 0 Å². The summed E-state index contributed by atoms with van der Waals surface area (Å²) >= 11 is 0. The van der Waals surface area contributed by atoms with Crippen LogP contribution in [0.25, 0.3) is 0 Å². The first kappa shape index (κ1) is 29.4. The maximum atomic E-state index is 2.58. The molecule has 12 heavy (non-hydrogen) atoms. The summed E-state index contributed by atoms with van der Waals surface area (Å²) in [7, 11) is 2.58. The van der Waals surface area contributed by atoms with E-state index < -0.39 is 0 Å². The summed E-state index contributed by atoms with van der Waals surface area (Å²) in [5.74, 6) is 0. The lowest BCUT2D eigenvalue weighted by molar-refractivity contribution is 1.09. The topological polar surface area (TPSA) is 0 Å². The van der Waals surface area contributed by atoms with E-state index in [9.17, 15) is 0 Å². The molecule has 0 amide bonds. The van der Waals surface area contributed by atoms with Crippen LogP contribution in [0.3, 0.4) is 0 Å². The lowest BCUT2D eigenvalue weighted by Gasteiger charge is -1.48. The first-order chi connectivity index (χ1) is 5.83. The highest BCUT2D eigenvalue weighted by Crippen LogP contribution is 1.68. The Kier molecular flexibility index (Phi) is 516. The van der Waals surface area contributed by atoms with Gasteiger partial charge < -0.3 is 0 Å². The van der Waals surface area contributed by atoms with Crippen molar-refractivity contribution in [1.29, 1.82) is 0 Å². The van der Waals surface area contributed by atoms with Crippen molar-refractivity contribution in [2.75, 3.05) is 6.16 Å². The van der Waals surface area contributed by atoms with Gasteiger partial charge in [0.05, 0.1) is 0 Å². The molecule has 0 saturated carbocycles. The van der Waals surface area contributed by atoms with Crippen molar-refractivity contribution in [3.05, 3.63) is 0 Å². The Morgan fingerprint density at radius 2 is 0.667 bits per heavy atom. The molecule has 0 aliphatic heterocycles. The lowest BCUT2D eigenvalue weighted by Crippen LogP contribution is -1.33. The van der Waals surface area contributed by atoms with E-state index in [2.05, 4.69) is 30.0 Å². The van der Waals surface area contributed by atoms with Crippen molar-refractivity contribution < 1.29 is 0 Å². The summed E-state index contributed by atoms with van der Waals surface area (Å²) in [5, 5.41) is 0. The molecule has 0 bridgehead atoms. The van der Waals surface area contributed by atoms with Gasteiger partial charge in [-0.05, 0) is 6.16 Å². The molecule has 0 aliphatic carbocycles. The predicted octanol–water partition coefficient (Wildman–Crippen LogP) is 5.38. The third kappa shape index (κ3) is 5020. The quantitative estimate of drug-likeness (QED) is 0.456. The standard InChI is InChI=1S/C3H8.C2H7P.3C2H6/c1-3-2;1-2-3;3*1-2/h3H2,1-2H3;2-3H2,1H3;3*1-2H3. The molecular formula is C11H33P. The highest BCUT2D eigenvalue weighted by Gasteiger charge is 1.35. The molecule has 0 saturated heterocycles. The average molecular weight is 196 g/mol. The van der Waals surface area contributed by atoms with Gasteiger partial charge in [-0.25, -0.2) is 0 Å². The molecule has 0 nitrogen and oxygen atoms in total. The van der Waals surface area contributed by atoms with E-state index in [1.807, 2.05) is 41.5 Å². The summed E-state index contributed by atoms with van der Waals surface area (Å²) in [5.41, 5.74) is 0. The zero-order valence-corrected chi connectivity index (χ0v) is 12.1. The Bertz CT molecular complexity index is 6.97. The van der Waals surface area contributed by atoms with Crippen LogP contribution in [0.4, 0.5) is 0 Å². The van der Waals surface area contributed by atoms with Crippen molar-refractivity contribution >= 4 is 9.24 Å². The van der Waals surface area contributed by atoms with Crippen molar-refractivity contribution in [2.45, 2.75) is 68.7 Å². The molecule has 1 atom stereocenters. The van der Waals surface area contributed by atoms with Crippen LogP contribution in [0.15, 0.2) is 0 Å². The SMILES string of the molecule is CC.CC.CC.CCC.CCP. The smallest absolute Gasteiger partial charge is 0.0410 e. The third-order valence-corrected chi connectivity index (χ3v) is 0. The normalized spacial score (nSPS) is 4.50. The maximum Gasteiger partial charge on any atom is -0.0410 e. The Hall–Kier alpha value is 0.430. The van der Waals surface area contributed by atoms with Crippen LogP contribution in [-0.2, 0) is 0 Å². The first-order valence-corrected chi connectivity index (χ1v) is 6.35. The summed E-state index contributed by atoms with van der Waals surface area (Å²) in [4.78, 5) is 0. The van der Waals surface area contributed by atoms with Gasteiger partial charge in [-0.15, -0.1) is 9.24 Å². The molecule has 0 heterocycles. The first-order valence-electron chi connectivity index (χ1n) is 5.53. The fourth-order valence-corrected chi connectivity index (χ4v) is 0. The molecule has 0 aromatic carbocycles. The Morgan fingerprint density at radius 3 is 0.667 bits per heavy atom. The van der Waals surface area contributed by atoms with Crippen LogP contribution < -0.4 is 0 Å².